The van der Waals surface area contributed by atoms with Crippen molar-refractivity contribution in [3.8, 4) is 0 Å². The lowest BCUT2D eigenvalue weighted by Gasteiger charge is -2.31. The first kappa shape index (κ1) is 8.97. The summed E-state index contributed by atoms with van der Waals surface area (Å²) in [4.78, 5) is 4.29. The molecule has 3 nitrogen and oxygen atoms in total. The molecule has 11 heavy (non-hydrogen) atoms. The van der Waals surface area contributed by atoms with Crippen LogP contribution >= 0.6 is 0 Å². The van der Waals surface area contributed by atoms with Gasteiger partial charge >= 0.3 is 0 Å². The Morgan fingerprint density at radius 1 is 1.55 bits per heavy atom. The molecule has 2 unspecified atom stereocenters. The van der Waals surface area contributed by atoms with Crippen molar-refractivity contribution in [2.75, 3.05) is 20.6 Å². The molecule has 0 amide bonds. The Balaban J connectivity index is 2.51. The van der Waals surface area contributed by atoms with Crippen molar-refractivity contribution in [1.29, 1.82) is 0 Å². The standard InChI is InChI=1S/C8H18N2O/c1-7(11)10-6-4-5-8(10)9(2)3/h7-8,11H,4-6H2,1-3H3. The van der Waals surface area contributed by atoms with Gasteiger partial charge in [-0.3, -0.25) is 9.80 Å². The van der Waals surface area contributed by atoms with Gasteiger partial charge in [0.1, 0.15) is 6.23 Å². The third-order valence-corrected chi connectivity index (χ3v) is 2.34. The molecule has 1 heterocycles. The number of rotatable bonds is 2. The monoisotopic (exact) mass is 158 g/mol. The van der Waals surface area contributed by atoms with Gasteiger partial charge in [0.05, 0.1) is 6.17 Å². The number of hydrogen-bond donors (Lipinski definition) is 1. The van der Waals surface area contributed by atoms with Gasteiger partial charge in [-0.15, -0.1) is 0 Å². The summed E-state index contributed by atoms with van der Waals surface area (Å²) in [5.74, 6) is 0. The molecule has 1 N–H and O–H groups in total. The van der Waals surface area contributed by atoms with Gasteiger partial charge in [0.2, 0.25) is 0 Å². The van der Waals surface area contributed by atoms with Crippen molar-refractivity contribution in [3.63, 3.8) is 0 Å². The van der Waals surface area contributed by atoms with Crippen LogP contribution in [0.1, 0.15) is 19.8 Å². The molecule has 1 aliphatic heterocycles. The van der Waals surface area contributed by atoms with E-state index in [9.17, 15) is 5.11 Å². The predicted octanol–water partition coefficient (Wildman–Crippen LogP) is 0.308. The zero-order valence-electron chi connectivity index (χ0n) is 7.62. The van der Waals surface area contributed by atoms with Crippen LogP contribution in [0.15, 0.2) is 0 Å². The van der Waals surface area contributed by atoms with Crippen molar-refractivity contribution >= 4 is 0 Å². The van der Waals surface area contributed by atoms with Crippen LogP contribution in [0.5, 0.6) is 0 Å². The Kier molecular flexibility index (Phi) is 2.87. The van der Waals surface area contributed by atoms with Crippen LogP contribution in [-0.4, -0.2) is 47.9 Å². The Morgan fingerprint density at radius 2 is 2.18 bits per heavy atom. The van der Waals surface area contributed by atoms with Gasteiger partial charge in [-0.2, -0.15) is 0 Å². The van der Waals surface area contributed by atoms with E-state index in [0.29, 0.717) is 6.17 Å². The van der Waals surface area contributed by atoms with Gasteiger partial charge in [0, 0.05) is 6.54 Å². The molecule has 0 bridgehead atoms. The van der Waals surface area contributed by atoms with Crippen LogP contribution in [0.3, 0.4) is 0 Å². The van der Waals surface area contributed by atoms with E-state index in [4.69, 9.17) is 0 Å². The predicted molar refractivity (Wildman–Crippen MR) is 45.1 cm³/mol. The molecule has 1 saturated heterocycles. The van der Waals surface area contributed by atoms with Gasteiger partial charge < -0.3 is 5.11 Å². The van der Waals surface area contributed by atoms with E-state index in [1.165, 1.54) is 12.8 Å². The molecule has 0 aromatic rings. The summed E-state index contributed by atoms with van der Waals surface area (Å²) in [5, 5.41) is 9.37. The van der Waals surface area contributed by atoms with Gasteiger partial charge in [-0.25, -0.2) is 0 Å². The number of aliphatic hydroxyl groups is 1. The SMILES string of the molecule is CC(O)N1CCCC1N(C)C. The number of likely N-dealkylation sites (tertiary alicyclic amines) is 1. The summed E-state index contributed by atoms with van der Waals surface area (Å²) in [7, 11) is 4.12. The van der Waals surface area contributed by atoms with E-state index < -0.39 is 0 Å². The highest BCUT2D eigenvalue weighted by molar-refractivity contribution is 4.77. The summed E-state index contributed by atoms with van der Waals surface area (Å²) in [6.07, 6.45) is 2.52. The first-order valence-electron chi connectivity index (χ1n) is 4.23. The fraction of sp³-hybridized carbons (Fsp3) is 1.00. The third kappa shape index (κ3) is 1.92. The normalized spacial score (nSPS) is 29.7. The van der Waals surface area contributed by atoms with Crippen molar-refractivity contribution in [2.45, 2.75) is 32.2 Å². The Bertz CT molecular complexity index is 111. The van der Waals surface area contributed by atoms with Crippen LogP contribution < -0.4 is 0 Å². The van der Waals surface area contributed by atoms with E-state index in [1.807, 2.05) is 6.92 Å². The summed E-state index contributed by atoms with van der Waals surface area (Å²) in [6, 6.07) is 0. The summed E-state index contributed by atoms with van der Waals surface area (Å²) in [6.45, 7) is 2.86. The lowest BCUT2D eigenvalue weighted by atomic mass is 10.3. The second kappa shape index (κ2) is 3.52. The van der Waals surface area contributed by atoms with Crippen LogP contribution in [0.2, 0.25) is 0 Å². The third-order valence-electron chi connectivity index (χ3n) is 2.34. The molecule has 0 aromatic carbocycles. The van der Waals surface area contributed by atoms with Crippen molar-refractivity contribution in [1.82, 2.24) is 9.80 Å². The zero-order valence-corrected chi connectivity index (χ0v) is 7.62. The van der Waals surface area contributed by atoms with E-state index in [-0.39, 0.29) is 6.23 Å². The molecule has 0 radical (unpaired) electrons. The largest absolute Gasteiger partial charge is 0.379 e. The lowest BCUT2D eigenvalue weighted by molar-refractivity contribution is -0.0290. The van der Waals surface area contributed by atoms with E-state index in [0.717, 1.165) is 6.54 Å². The Hall–Kier alpha value is -0.120. The number of nitrogens with zero attached hydrogens (tertiary/aromatic N) is 2. The lowest BCUT2D eigenvalue weighted by Crippen LogP contribution is -2.44. The Morgan fingerprint density at radius 3 is 2.55 bits per heavy atom. The minimum absolute atomic E-state index is 0.301. The summed E-state index contributed by atoms with van der Waals surface area (Å²) in [5.41, 5.74) is 0. The molecule has 66 valence electrons. The molecule has 1 fully saturated rings. The highest BCUT2D eigenvalue weighted by Gasteiger charge is 2.28. The number of hydrogen-bond acceptors (Lipinski definition) is 3. The highest BCUT2D eigenvalue weighted by Crippen LogP contribution is 2.19. The van der Waals surface area contributed by atoms with Gasteiger partial charge in [-0.1, -0.05) is 0 Å². The molecule has 0 spiro atoms. The highest BCUT2D eigenvalue weighted by atomic mass is 16.3. The van der Waals surface area contributed by atoms with Gasteiger partial charge in [0.25, 0.3) is 0 Å². The van der Waals surface area contributed by atoms with Crippen LogP contribution in [0, 0.1) is 0 Å². The molecule has 0 aromatic heterocycles. The minimum Gasteiger partial charge on any atom is -0.379 e. The summed E-state index contributed by atoms with van der Waals surface area (Å²) < 4.78 is 0. The molecule has 2 atom stereocenters. The average molecular weight is 158 g/mol. The van der Waals surface area contributed by atoms with Gasteiger partial charge in [-0.05, 0) is 33.9 Å². The molecule has 1 aliphatic rings. The first-order chi connectivity index (χ1) is 5.13. The first-order valence-corrected chi connectivity index (χ1v) is 4.23. The molecular formula is C8H18N2O. The van der Waals surface area contributed by atoms with E-state index >= 15 is 0 Å². The van der Waals surface area contributed by atoms with Crippen LogP contribution in [0.25, 0.3) is 0 Å². The quantitative estimate of drug-likeness (QED) is 0.626. The van der Waals surface area contributed by atoms with Crippen LogP contribution in [0.4, 0.5) is 0 Å². The number of aliphatic hydroxyl groups excluding tert-OH is 1. The van der Waals surface area contributed by atoms with E-state index in [1.54, 1.807) is 0 Å². The summed E-state index contributed by atoms with van der Waals surface area (Å²) >= 11 is 0. The van der Waals surface area contributed by atoms with Crippen LogP contribution in [-0.2, 0) is 0 Å². The molecule has 1 rings (SSSR count). The Labute approximate surface area is 68.6 Å². The van der Waals surface area contributed by atoms with E-state index in [2.05, 4.69) is 23.9 Å². The second-order valence-electron chi connectivity index (χ2n) is 3.46. The van der Waals surface area contributed by atoms with Crippen molar-refractivity contribution in [3.05, 3.63) is 0 Å². The minimum atomic E-state index is -0.301. The topological polar surface area (TPSA) is 26.7 Å². The maximum absolute atomic E-state index is 9.37. The zero-order chi connectivity index (χ0) is 8.43. The fourth-order valence-electron chi connectivity index (χ4n) is 1.76. The maximum atomic E-state index is 9.37. The molecule has 0 aliphatic carbocycles. The van der Waals surface area contributed by atoms with Gasteiger partial charge in [0.15, 0.2) is 0 Å². The molecular weight excluding hydrogens is 140 g/mol. The van der Waals surface area contributed by atoms with Crippen molar-refractivity contribution in [2.24, 2.45) is 0 Å². The fourth-order valence-corrected chi connectivity index (χ4v) is 1.76. The molecule has 0 saturated carbocycles. The molecule has 3 heteroatoms. The average Bonchev–Trinajstić information content (AvgIpc) is 2.32. The smallest absolute Gasteiger partial charge is 0.105 e. The van der Waals surface area contributed by atoms with Crippen molar-refractivity contribution < 1.29 is 5.11 Å². The second-order valence-corrected chi connectivity index (χ2v) is 3.46. The maximum Gasteiger partial charge on any atom is 0.105 e.